The Morgan fingerprint density at radius 3 is 2.67 bits per heavy atom. The molecule has 4 unspecified atom stereocenters. The maximum Gasteiger partial charge on any atom is 0.306 e. The number of carboxylic acid groups (broad SMARTS) is 1. The van der Waals surface area contributed by atoms with Crippen LogP contribution in [0.15, 0.2) is 0 Å². The molecule has 21 heavy (non-hydrogen) atoms. The zero-order valence-electron chi connectivity index (χ0n) is 12.6. The number of amides is 1. The summed E-state index contributed by atoms with van der Waals surface area (Å²) in [4.78, 5) is 23.5. The van der Waals surface area contributed by atoms with Gasteiger partial charge in [0.2, 0.25) is 5.91 Å². The van der Waals surface area contributed by atoms with E-state index in [1.54, 1.807) is 0 Å². The highest BCUT2D eigenvalue weighted by molar-refractivity contribution is 5.80. The second-order valence-corrected chi connectivity index (χ2v) is 6.04. The van der Waals surface area contributed by atoms with E-state index in [0.717, 1.165) is 32.2 Å². The fraction of sp³-hybridized carbons (Fsp3) is 0.867. The van der Waals surface area contributed by atoms with E-state index < -0.39 is 5.97 Å². The number of carboxylic acids is 1. The van der Waals surface area contributed by atoms with Gasteiger partial charge in [0.1, 0.15) is 0 Å². The van der Waals surface area contributed by atoms with E-state index >= 15 is 0 Å². The second-order valence-electron chi connectivity index (χ2n) is 6.04. The number of aliphatic carboxylic acids is 1. The molecule has 2 rings (SSSR count). The third-order valence-electron chi connectivity index (χ3n) is 4.65. The summed E-state index contributed by atoms with van der Waals surface area (Å²) in [5, 5.41) is 15.5. The first-order valence-corrected chi connectivity index (χ1v) is 7.95. The molecule has 6 nitrogen and oxygen atoms in total. The van der Waals surface area contributed by atoms with Crippen LogP contribution in [-0.2, 0) is 14.3 Å². The van der Waals surface area contributed by atoms with Gasteiger partial charge >= 0.3 is 5.97 Å². The molecule has 0 spiro atoms. The lowest BCUT2D eigenvalue weighted by atomic mass is 9.79. The van der Waals surface area contributed by atoms with Gasteiger partial charge in [-0.1, -0.05) is 19.8 Å². The summed E-state index contributed by atoms with van der Waals surface area (Å²) >= 11 is 0. The summed E-state index contributed by atoms with van der Waals surface area (Å²) in [7, 11) is 0. The maximum absolute atomic E-state index is 12.3. The molecule has 2 aliphatic rings. The molecule has 120 valence electrons. The third-order valence-corrected chi connectivity index (χ3v) is 4.65. The van der Waals surface area contributed by atoms with Crippen molar-refractivity contribution in [1.82, 2.24) is 10.6 Å². The van der Waals surface area contributed by atoms with E-state index in [4.69, 9.17) is 4.74 Å². The van der Waals surface area contributed by atoms with Gasteiger partial charge in [0, 0.05) is 12.6 Å². The van der Waals surface area contributed by atoms with Gasteiger partial charge in [-0.05, 0) is 25.3 Å². The molecule has 1 amide bonds. The average Bonchev–Trinajstić information content (AvgIpc) is 2.93. The lowest BCUT2D eigenvalue weighted by molar-refractivity contribution is -0.145. The van der Waals surface area contributed by atoms with Crippen molar-refractivity contribution < 1.29 is 19.4 Å². The van der Waals surface area contributed by atoms with Crippen molar-refractivity contribution in [2.24, 2.45) is 17.8 Å². The van der Waals surface area contributed by atoms with Crippen LogP contribution in [0.2, 0.25) is 0 Å². The molecule has 0 aromatic rings. The smallest absolute Gasteiger partial charge is 0.306 e. The molecule has 2 fully saturated rings. The van der Waals surface area contributed by atoms with Gasteiger partial charge in [-0.15, -0.1) is 0 Å². The highest BCUT2D eigenvalue weighted by Gasteiger charge is 2.35. The van der Waals surface area contributed by atoms with Gasteiger partial charge in [0.15, 0.2) is 0 Å². The largest absolute Gasteiger partial charge is 0.481 e. The molecule has 0 aromatic heterocycles. The first-order valence-electron chi connectivity index (χ1n) is 7.95. The van der Waals surface area contributed by atoms with Crippen LogP contribution in [0.25, 0.3) is 0 Å². The zero-order chi connectivity index (χ0) is 15.2. The van der Waals surface area contributed by atoms with Crippen LogP contribution in [0.4, 0.5) is 0 Å². The lowest BCUT2D eigenvalue weighted by Crippen LogP contribution is -2.46. The molecule has 6 heteroatoms. The molecule has 0 radical (unpaired) electrons. The zero-order valence-corrected chi connectivity index (χ0v) is 12.6. The Bertz CT molecular complexity index is 375. The molecular weight excluding hydrogens is 272 g/mol. The van der Waals surface area contributed by atoms with Gasteiger partial charge in [0.05, 0.1) is 25.0 Å². The summed E-state index contributed by atoms with van der Waals surface area (Å²) in [6.45, 7) is 4.28. The molecule has 1 saturated carbocycles. The number of carbonyl (C=O) groups is 2. The number of ether oxygens (including phenoxy) is 1. The van der Waals surface area contributed by atoms with Crippen LogP contribution < -0.4 is 10.6 Å². The molecular formula is C15H26N2O4. The number of nitrogens with one attached hydrogen (secondary N) is 2. The SMILES string of the molecule is CCNC1COCC1C(=O)NCC1CCCCC1C(=O)O. The summed E-state index contributed by atoms with van der Waals surface area (Å²) in [6.07, 6.45) is 3.63. The second kappa shape index (κ2) is 7.75. The van der Waals surface area contributed by atoms with Crippen LogP contribution in [0.1, 0.15) is 32.6 Å². The summed E-state index contributed by atoms with van der Waals surface area (Å²) in [6, 6.07) is 0.0663. The van der Waals surface area contributed by atoms with Crippen LogP contribution >= 0.6 is 0 Å². The van der Waals surface area contributed by atoms with Crippen LogP contribution in [0, 0.1) is 17.8 Å². The van der Waals surface area contributed by atoms with E-state index in [1.165, 1.54) is 0 Å². The molecule has 1 aliphatic carbocycles. The normalized spacial score (nSPS) is 32.8. The lowest BCUT2D eigenvalue weighted by Gasteiger charge is -2.29. The Morgan fingerprint density at radius 2 is 1.95 bits per heavy atom. The Hall–Kier alpha value is -1.14. The van der Waals surface area contributed by atoms with Crippen molar-refractivity contribution in [2.75, 3.05) is 26.3 Å². The van der Waals surface area contributed by atoms with Crippen molar-refractivity contribution in [3.05, 3.63) is 0 Å². The topological polar surface area (TPSA) is 87.7 Å². The fourth-order valence-corrected chi connectivity index (χ4v) is 3.42. The summed E-state index contributed by atoms with van der Waals surface area (Å²) < 4.78 is 5.38. The van der Waals surface area contributed by atoms with E-state index in [2.05, 4.69) is 10.6 Å². The summed E-state index contributed by atoms with van der Waals surface area (Å²) in [5.41, 5.74) is 0. The summed E-state index contributed by atoms with van der Waals surface area (Å²) in [5.74, 6) is -1.18. The maximum atomic E-state index is 12.3. The Kier molecular flexibility index (Phi) is 5.99. The molecule has 3 N–H and O–H groups in total. The van der Waals surface area contributed by atoms with Crippen molar-refractivity contribution in [3.63, 3.8) is 0 Å². The molecule has 1 aliphatic heterocycles. The Balaban J connectivity index is 1.83. The van der Waals surface area contributed by atoms with Crippen molar-refractivity contribution in [1.29, 1.82) is 0 Å². The minimum atomic E-state index is -0.733. The van der Waals surface area contributed by atoms with E-state index in [-0.39, 0.29) is 29.7 Å². The molecule has 1 saturated heterocycles. The highest BCUT2D eigenvalue weighted by atomic mass is 16.5. The van der Waals surface area contributed by atoms with E-state index in [1.807, 2.05) is 6.92 Å². The predicted octanol–water partition coefficient (Wildman–Crippen LogP) is 0.618. The van der Waals surface area contributed by atoms with Gasteiger partial charge in [-0.25, -0.2) is 0 Å². The standard InChI is InChI=1S/C15H26N2O4/c1-2-16-13-9-21-8-12(13)14(18)17-7-10-5-3-4-6-11(10)15(19)20/h10-13,16H,2-9H2,1H3,(H,17,18)(H,19,20). The highest BCUT2D eigenvalue weighted by Crippen LogP contribution is 2.29. The van der Waals surface area contributed by atoms with Gasteiger partial charge in [-0.3, -0.25) is 9.59 Å². The van der Waals surface area contributed by atoms with Gasteiger partial charge < -0.3 is 20.5 Å². The van der Waals surface area contributed by atoms with E-state index in [9.17, 15) is 14.7 Å². The number of hydrogen-bond donors (Lipinski definition) is 3. The number of likely N-dealkylation sites (N-methyl/N-ethyl adjacent to an activating group) is 1. The number of rotatable bonds is 6. The third kappa shape index (κ3) is 4.17. The van der Waals surface area contributed by atoms with Gasteiger partial charge in [-0.2, -0.15) is 0 Å². The van der Waals surface area contributed by atoms with Crippen molar-refractivity contribution in [3.8, 4) is 0 Å². The quantitative estimate of drug-likeness (QED) is 0.669. The predicted molar refractivity (Wildman–Crippen MR) is 77.9 cm³/mol. The first-order chi connectivity index (χ1) is 10.1. The fourth-order valence-electron chi connectivity index (χ4n) is 3.42. The molecule has 4 atom stereocenters. The first kappa shape index (κ1) is 16.2. The van der Waals surface area contributed by atoms with Crippen LogP contribution in [0.5, 0.6) is 0 Å². The van der Waals surface area contributed by atoms with Crippen LogP contribution in [-0.4, -0.2) is 49.3 Å². The number of carbonyl (C=O) groups excluding carboxylic acids is 1. The number of hydrogen-bond acceptors (Lipinski definition) is 4. The van der Waals surface area contributed by atoms with Crippen molar-refractivity contribution in [2.45, 2.75) is 38.6 Å². The van der Waals surface area contributed by atoms with Crippen LogP contribution in [0.3, 0.4) is 0 Å². The molecule has 0 aromatic carbocycles. The van der Waals surface area contributed by atoms with E-state index in [0.29, 0.717) is 19.8 Å². The molecule has 1 heterocycles. The monoisotopic (exact) mass is 298 g/mol. The average molecular weight is 298 g/mol. The van der Waals surface area contributed by atoms with Crippen molar-refractivity contribution >= 4 is 11.9 Å². The Morgan fingerprint density at radius 1 is 1.19 bits per heavy atom. The minimum Gasteiger partial charge on any atom is -0.481 e. The van der Waals surface area contributed by atoms with Gasteiger partial charge in [0.25, 0.3) is 0 Å². The molecule has 0 bridgehead atoms. The Labute approximate surface area is 125 Å². The minimum absolute atomic E-state index is 0.0202.